The van der Waals surface area contributed by atoms with Crippen molar-refractivity contribution in [1.82, 2.24) is 9.88 Å². The zero-order valence-electron chi connectivity index (χ0n) is 19.2. The molecule has 3 heterocycles. The van der Waals surface area contributed by atoms with Gasteiger partial charge in [-0.05, 0) is 54.5 Å². The van der Waals surface area contributed by atoms with E-state index in [9.17, 15) is 9.70 Å². The third-order valence-corrected chi connectivity index (χ3v) is 6.09. The molecule has 2 aliphatic rings. The van der Waals surface area contributed by atoms with Gasteiger partial charge in [0.05, 0.1) is 22.7 Å². The summed E-state index contributed by atoms with van der Waals surface area (Å²) in [5.41, 5.74) is 3.56. The van der Waals surface area contributed by atoms with Crippen LogP contribution in [0.2, 0.25) is 0 Å². The van der Waals surface area contributed by atoms with E-state index in [0.29, 0.717) is 5.82 Å². The number of nitrogens with zero attached hydrogens (tertiary/aromatic N) is 4. The van der Waals surface area contributed by atoms with Crippen LogP contribution in [-0.4, -0.2) is 41.5 Å². The van der Waals surface area contributed by atoms with Crippen LogP contribution >= 0.6 is 0 Å². The van der Waals surface area contributed by atoms with Crippen molar-refractivity contribution in [3.63, 3.8) is 0 Å². The smallest absolute Gasteiger partial charge is 0.254 e. The van der Waals surface area contributed by atoms with Crippen molar-refractivity contribution in [2.75, 3.05) is 23.9 Å². The predicted molar refractivity (Wildman–Crippen MR) is 128 cm³/mol. The first-order valence-corrected chi connectivity index (χ1v) is 11.2. The summed E-state index contributed by atoms with van der Waals surface area (Å²) in [6, 6.07) is 13.7. The van der Waals surface area contributed by atoms with Crippen molar-refractivity contribution < 1.29 is 4.79 Å². The number of carbonyl (C=O) groups excluding carboxylic acids is 1. The van der Waals surface area contributed by atoms with E-state index in [-0.39, 0.29) is 23.4 Å². The standard InChI is InChI=1S/C25H31N5O2/c1-25(2,3)16-26-22-13-12-21(27-23(22)29(4)28-32)18-14-19-10-11-20(15-18)30(19)24(31)17-8-6-5-7-9-17/h5-9,12-14,19-20,26H,10-11,15-16H2,1-4H3. The van der Waals surface area contributed by atoms with Crippen LogP contribution < -0.4 is 10.3 Å². The van der Waals surface area contributed by atoms with Crippen LogP contribution in [0.4, 0.5) is 11.5 Å². The van der Waals surface area contributed by atoms with Crippen molar-refractivity contribution in [2.45, 2.75) is 52.1 Å². The first-order valence-electron chi connectivity index (χ1n) is 11.2. The molecule has 1 aromatic carbocycles. The second-order valence-corrected chi connectivity index (χ2v) is 9.86. The van der Waals surface area contributed by atoms with Crippen LogP contribution in [0, 0.1) is 10.3 Å². The van der Waals surface area contributed by atoms with Gasteiger partial charge in [-0.3, -0.25) is 4.79 Å². The molecular weight excluding hydrogens is 402 g/mol. The number of hydrogen-bond donors (Lipinski definition) is 1. The Kier molecular flexibility index (Phi) is 6.00. The Balaban J connectivity index is 1.60. The lowest BCUT2D eigenvalue weighted by Crippen LogP contribution is -2.43. The van der Waals surface area contributed by atoms with E-state index in [0.717, 1.165) is 48.3 Å². The molecule has 2 aromatic rings. The number of fused-ring (bicyclic) bond motifs is 2. The van der Waals surface area contributed by atoms with Gasteiger partial charge >= 0.3 is 0 Å². The summed E-state index contributed by atoms with van der Waals surface area (Å²) in [5.74, 6) is 0.603. The molecule has 0 saturated carbocycles. The fraction of sp³-hybridized carbons (Fsp3) is 0.440. The first kappa shape index (κ1) is 22.0. The molecule has 1 aromatic heterocycles. The topological polar surface area (TPSA) is 77.9 Å². The zero-order chi connectivity index (χ0) is 22.9. The highest BCUT2D eigenvalue weighted by Gasteiger charge is 2.40. The minimum atomic E-state index is 0.0716. The van der Waals surface area contributed by atoms with Crippen LogP contribution in [0.3, 0.4) is 0 Å². The van der Waals surface area contributed by atoms with E-state index >= 15 is 0 Å². The second kappa shape index (κ2) is 8.73. The van der Waals surface area contributed by atoms with Crippen molar-refractivity contribution in [3.05, 3.63) is 64.7 Å². The number of carbonyl (C=O) groups is 1. The molecule has 32 heavy (non-hydrogen) atoms. The molecule has 7 nitrogen and oxygen atoms in total. The highest BCUT2D eigenvalue weighted by molar-refractivity contribution is 5.95. The van der Waals surface area contributed by atoms with Crippen LogP contribution in [0.1, 0.15) is 56.1 Å². The summed E-state index contributed by atoms with van der Waals surface area (Å²) in [6.45, 7) is 7.19. The summed E-state index contributed by atoms with van der Waals surface area (Å²) >= 11 is 0. The van der Waals surface area contributed by atoms with Gasteiger partial charge in [0.2, 0.25) is 0 Å². The molecule has 0 aliphatic carbocycles. The molecule has 2 bridgehead atoms. The average molecular weight is 434 g/mol. The molecule has 0 radical (unpaired) electrons. The van der Waals surface area contributed by atoms with Crippen molar-refractivity contribution in [1.29, 1.82) is 0 Å². The minimum absolute atomic E-state index is 0.0716. The van der Waals surface area contributed by atoms with Gasteiger partial charge in [0, 0.05) is 25.2 Å². The molecule has 168 valence electrons. The zero-order valence-corrected chi connectivity index (χ0v) is 19.2. The number of aromatic nitrogens is 1. The monoisotopic (exact) mass is 433 g/mol. The van der Waals surface area contributed by atoms with Gasteiger partial charge in [-0.2, -0.15) is 0 Å². The van der Waals surface area contributed by atoms with E-state index in [1.54, 1.807) is 7.05 Å². The number of pyridine rings is 1. The number of nitroso groups, excluding NO2 is 1. The van der Waals surface area contributed by atoms with E-state index < -0.39 is 0 Å². The van der Waals surface area contributed by atoms with Crippen LogP contribution in [-0.2, 0) is 0 Å². The predicted octanol–water partition coefficient (Wildman–Crippen LogP) is 5.12. The SMILES string of the molecule is CN(N=O)c1nc(C2=CC3CCC(C2)N3C(=O)c2ccccc2)ccc1NCC(C)(C)C. The van der Waals surface area contributed by atoms with E-state index in [1.807, 2.05) is 47.4 Å². The normalized spacial score (nSPS) is 20.0. The number of hydrogen-bond acceptors (Lipinski definition) is 5. The van der Waals surface area contributed by atoms with Gasteiger partial charge in [-0.1, -0.05) is 45.0 Å². The largest absolute Gasteiger partial charge is 0.381 e. The van der Waals surface area contributed by atoms with E-state index in [1.165, 1.54) is 5.01 Å². The van der Waals surface area contributed by atoms with Crippen LogP contribution in [0.5, 0.6) is 0 Å². The van der Waals surface area contributed by atoms with Gasteiger partial charge in [0.15, 0.2) is 5.82 Å². The number of benzene rings is 1. The lowest BCUT2D eigenvalue weighted by atomic mass is 9.96. The van der Waals surface area contributed by atoms with Gasteiger partial charge < -0.3 is 10.2 Å². The number of nitrogens with one attached hydrogen (secondary N) is 1. The van der Waals surface area contributed by atoms with E-state index in [4.69, 9.17) is 4.98 Å². The third kappa shape index (κ3) is 4.52. The molecule has 1 amide bonds. The molecular formula is C25H31N5O2. The molecule has 2 unspecified atom stereocenters. The lowest BCUT2D eigenvalue weighted by molar-refractivity contribution is 0.0692. The molecule has 1 saturated heterocycles. The Bertz CT molecular complexity index is 1030. The quantitative estimate of drug-likeness (QED) is 0.505. The molecule has 0 spiro atoms. The van der Waals surface area contributed by atoms with Gasteiger partial charge in [-0.25, -0.2) is 9.99 Å². The molecule has 2 atom stereocenters. The van der Waals surface area contributed by atoms with E-state index in [2.05, 4.69) is 37.4 Å². The Hall–Kier alpha value is -3.22. The molecule has 1 fully saturated rings. The van der Waals surface area contributed by atoms with Gasteiger partial charge in [0.25, 0.3) is 5.91 Å². The highest BCUT2D eigenvalue weighted by Crippen LogP contribution is 2.40. The Morgan fingerprint density at radius 3 is 2.59 bits per heavy atom. The maximum absolute atomic E-state index is 13.1. The summed E-state index contributed by atoms with van der Waals surface area (Å²) < 4.78 is 0. The average Bonchev–Trinajstić information content (AvgIpc) is 3.05. The molecule has 1 N–H and O–H groups in total. The summed E-state index contributed by atoms with van der Waals surface area (Å²) in [5, 5.41) is 7.72. The van der Waals surface area contributed by atoms with Crippen molar-refractivity contribution in [3.8, 4) is 0 Å². The third-order valence-electron chi connectivity index (χ3n) is 6.09. The molecule has 4 rings (SSSR count). The Morgan fingerprint density at radius 1 is 1.19 bits per heavy atom. The Labute approximate surface area is 189 Å². The Morgan fingerprint density at radius 2 is 1.94 bits per heavy atom. The van der Waals surface area contributed by atoms with Crippen molar-refractivity contribution >= 4 is 23.0 Å². The maximum Gasteiger partial charge on any atom is 0.254 e. The highest BCUT2D eigenvalue weighted by atomic mass is 16.3. The number of anilines is 2. The maximum atomic E-state index is 13.1. The van der Waals surface area contributed by atoms with Gasteiger partial charge in [-0.15, -0.1) is 4.91 Å². The molecule has 2 aliphatic heterocycles. The summed E-state index contributed by atoms with van der Waals surface area (Å²) in [6.07, 6.45) is 4.87. The van der Waals surface area contributed by atoms with Crippen molar-refractivity contribution in [2.24, 2.45) is 10.7 Å². The fourth-order valence-electron chi connectivity index (χ4n) is 4.48. The lowest BCUT2D eigenvalue weighted by Gasteiger charge is -2.34. The first-order chi connectivity index (χ1) is 15.3. The summed E-state index contributed by atoms with van der Waals surface area (Å²) in [4.78, 5) is 31.2. The number of amides is 1. The van der Waals surface area contributed by atoms with Crippen LogP contribution in [0.15, 0.2) is 53.8 Å². The second-order valence-electron chi connectivity index (χ2n) is 9.86. The summed E-state index contributed by atoms with van der Waals surface area (Å²) in [7, 11) is 1.61. The van der Waals surface area contributed by atoms with Gasteiger partial charge in [0.1, 0.15) is 0 Å². The fourth-order valence-corrected chi connectivity index (χ4v) is 4.48. The van der Waals surface area contributed by atoms with Crippen LogP contribution in [0.25, 0.3) is 5.57 Å². The molecule has 7 heteroatoms. The number of rotatable bonds is 6. The minimum Gasteiger partial charge on any atom is -0.381 e.